The summed E-state index contributed by atoms with van der Waals surface area (Å²) in [6, 6.07) is 9.26. The number of carbonyl (C=O) groups is 1. The van der Waals surface area contributed by atoms with E-state index in [1.54, 1.807) is 4.90 Å². The van der Waals surface area contributed by atoms with Crippen LogP contribution in [0.15, 0.2) is 24.3 Å². The van der Waals surface area contributed by atoms with Crippen LogP contribution in [0, 0.1) is 31.0 Å². The molecule has 0 radical (unpaired) electrons. The first-order valence-electron chi connectivity index (χ1n) is 16.1. The van der Waals surface area contributed by atoms with Gasteiger partial charge in [0, 0.05) is 36.1 Å². The van der Waals surface area contributed by atoms with Crippen molar-refractivity contribution in [1.29, 1.82) is 5.26 Å². The summed E-state index contributed by atoms with van der Waals surface area (Å²) in [6.45, 7) is 13.2. The molecule has 0 saturated carbocycles. The number of aromatic nitrogens is 4. The number of halogens is 2. The summed E-state index contributed by atoms with van der Waals surface area (Å²) in [7, 11) is 4.11. The Morgan fingerprint density at radius 3 is 2.60 bits per heavy atom. The number of fused-ring (bicyclic) bond motifs is 3. The Kier molecular flexibility index (Phi) is 8.33. The first kappa shape index (κ1) is 32.9. The molecule has 47 heavy (non-hydrogen) atoms. The summed E-state index contributed by atoms with van der Waals surface area (Å²) in [6.07, 6.45) is 0.768. The Hall–Kier alpha value is -4.01. The Labute approximate surface area is 280 Å². The number of ether oxygens (including phenoxy) is 1. The van der Waals surface area contributed by atoms with Gasteiger partial charge < -0.3 is 19.4 Å². The van der Waals surface area contributed by atoms with Crippen LogP contribution in [0.5, 0.6) is 0 Å². The zero-order valence-electron chi connectivity index (χ0n) is 28.4. The van der Waals surface area contributed by atoms with Crippen LogP contribution in [0.1, 0.15) is 64.1 Å². The van der Waals surface area contributed by atoms with Crippen molar-refractivity contribution >= 4 is 45.4 Å². The number of amides is 1. The van der Waals surface area contributed by atoms with Gasteiger partial charge in [-0.05, 0) is 85.7 Å². The zero-order valence-corrected chi connectivity index (χ0v) is 29.1. The number of nitriles is 1. The zero-order chi connectivity index (χ0) is 34.0. The summed E-state index contributed by atoms with van der Waals surface area (Å²) in [5.41, 5.74) is 3.43. The molecule has 2 saturated heterocycles. The lowest BCUT2D eigenvalue weighted by Gasteiger charge is -2.52. The molecular weight excluding hydrogens is 619 g/mol. The normalized spacial score (nSPS) is 19.7. The molecule has 248 valence electrons. The monoisotopic (exact) mass is 660 g/mol. The quantitative estimate of drug-likeness (QED) is 0.224. The second kappa shape index (κ2) is 11.9. The number of likely N-dealkylation sites (tertiary alicyclic amines) is 1. The fourth-order valence-corrected chi connectivity index (χ4v) is 7.10. The molecule has 0 aliphatic carbocycles. The maximum Gasteiger partial charge on any atom is 0.410 e. The molecule has 10 nitrogen and oxygen atoms in total. The van der Waals surface area contributed by atoms with Crippen LogP contribution in [-0.4, -0.2) is 86.8 Å². The highest BCUT2D eigenvalue weighted by Crippen LogP contribution is 2.43. The van der Waals surface area contributed by atoms with Crippen LogP contribution >= 0.6 is 11.6 Å². The number of anilines is 1. The van der Waals surface area contributed by atoms with Crippen molar-refractivity contribution in [2.24, 2.45) is 0 Å². The van der Waals surface area contributed by atoms with E-state index in [1.165, 1.54) is 0 Å². The molecule has 2 aromatic heterocycles. The number of piperidine rings is 1. The van der Waals surface area contributed by atoms with Gasteiger partial charge in [0.25, 0.3) is 0 Å². The molecule has 0 N–H and O–H groups in total. The topological polar surface area (TPSA) is 103 Å². The number of hydrogen-bond donors (Lipinski definition) is 0. The minimum Gasteiger partial charge on any atom is -0.444 e. The Bertz CT molecular complexity index is 1920. The third kappa shape index (κ3) is 5.76. The Balaban J connectivity index is 1.51. The third-order valence-electron chi connectivity index (χ3n) is 9.71. The van der Waals surface area contributed by atoms with Crippen molar-refractivity contribution in [3.8, 4) is 17.2 Å². The highest BCUT2D eigenvalue weighted by Gasteiger charge is 2.43. The molecule has 1 amide bonds. The standard InChI is InChI=1S/C35H42ClFN8O2/c1-20-10-9-11-24(27(20)36)26-21(2)16-25-29(28(26)37)39-32(43-18-35(6,19-43)42(7)8)30-31(25)45(41-40-30)23-13-15-44(22(17-23)12-14-38)33(46)47-34(3,4)5/h9-11,16,22-23H,12-13,15,17-19H2,1-8H3/t22-,23+/m1/s1. The fourth-order valence-electron chi connectivity index (χ4n) is 6.88. The number of likely N-dealkylation sites (N-methyl/N-ethyl adjacent to an activating group) is 1. The molecule has 2 aromatic carbocycles. The maximum atomic E-state index is 16.9. The van der Waals surface area contributed by atoms with Gasteiger partial charge in [-0.15, -0.1) is 5.10 Å². The minimum atomic E-state index is -0.654. The molecule has 2 fully saturated rings. The van der Waals surface area contributed by atoms with Gasteiger partial charge in [-0.3, -0.25) is 0 Å². The van der Waals surface area contributed by atoms with Crippen LogP contribution in [0.4, 0.5) is 15.0 Å². The number of benzene rings is 2. The molecule has 4 heterocycles. The van der Waals surface area contributed by atoms with E-state index in [2.05, 4.69) is 47.2 Å². The molecule has 0 spiro atoms. The van der Waals surface area contributed by atoms with Gasteiger partial charge in [0.15, 0.2) is 17.2 Å². The second-order valence-electron chi connectivity index (χ2n) is 14.5. The molecule has 2 aliphatic heterocycles. The third-order valence-corrected chi connectivity index (χ3v) is 10.2. The number of carbonyl (C=O) groups excluding carboxylic acids is 1. The number of nitrogens with zero attached hydrogens (tertiary/aromatic N) is 8. The van der Waals surface area contributed by atoms with Crippen LogP contribution in [0.3, 0.4) is 0 Å². The maximum absolute atomic E-state index is 16.9. The summed E-state index contributed by atoms with van der Waals surface area (Å²) < 4.78 is 24.5. The van der Waals surface area contributed by atoms with Gasteiger partial charge >= 0.3 is 6.09 Å². The van der Waals surface area contributed by atoms with Gasteiger partial charge in [0.2, 0.25) is 0 Å². The lowest BCUT2D eigenvalue weighted by molar-refractivity contribution is 0.00557. The predicted octanol–water partition coefficient (Wildman–Crippen LogP) is 7.05. The Morgan fingerprint density at radius 2 is 1.94 bits per heavy atom. The van der Waals surface area contributed by atoms with Crippen molar-refractivity contribution in [3.05, 3.63) is 46.2 Å². The molecule has 0 unspecified atom stereocenters. The van der Waals surface area contributed by atoms with E-state index in [4.69, 9.17) is 21.3 Å². The minimum absolute atomic E-state index is 0.0654. The molecule has 6 rings (SSSR count). The van der Waals surface area contributed by atoms with Gasteiger partial charge in [0.1, 0.15) is 16.6 Å². The average Bonchev–Trinajstić information content (AvgIpc) is 3.42. The van der Waals surface area contributed by atoms with E-state index in [0.717, 1.165) is 11.1 Å². The van der Waals surface area contributed by atoms with Gasteiger partial charge in [0.05, 0.1) is 35.1 Å². The fraction of sp³-hybridized carbons (Fsp3) is 0.514. The Morgan fingerprint density at radius 1 is 1.21 bits per heavy atom. The van der Waals surface area contributed by atoms with Crippen LogP contribution in [-0.2, 0) is 4.74 Å². The first-order valence-corrected chi connectivity index (χ1v) is 16.4. The number of rotatable bonds is 5. The van der Waals surface area contributed by atoms with E-state index >= 15 is 4.39 Å². The lowest BCUT2D eigenvalue weighted by atomic mass is 9.90. The van der Waals surface area contributed by atoms with Crippen LogP contribution < -0.4 is 4.90 Å². The molecular formula is C35H42ClFN8O2. The van der Waals surface area contributed by atoms with Gasteiger partial charge in [-0.25, -0.2) is 18.9 Å². The highest BCUT2D eigenvalue weighted by atomic mass is 35.5. The SMILES string of the molecule is Cc1cccc(-c2c(C)cc3c(nc(N4CC(C)(N(C)C)C4)c4nnn([C@H]5CCN(C(=O)OC(C)(C)C)[C@H](CC#N)C5)c43)c2F)c1Cl. The van der Waals surface area contributed by atoms with Crippen molar-refractivity contribution in [3.63, 3.8) is 0 Å². The summed E-state index contributed by atoms with van der Waals surface area (Å²) in [4.78, 5) is 24.0. The highest BCUT2D eigenvalue weighted by molar-refractivity contribution is 6.34. The van der Waals surface area contributed by atoms with Crippen LogP contribution in [0.2, 0.25) is 5.02 Å². The summed E-state index contributed by atoms with van der Waals surface area (Å²) >= 11 is 6.73. The second-order valence-corrected chi connectivity index (χ2v) is 14.9. The van der Waals surface area contributed by atoms with Crippen LogP contribution in [0.25, 0.3) is 33.1 Å². The van der Waals surface area contributed by atoms with E-state index in [-0.39, 0.29) is 29.6 Å². The molecule has 4 aromatic rings. The van der Waals surface area contributed by atoms with Gasteiger partial charge in [-0.2, -0.15) is 5.26 Å². The number of aryl methyl sites for hydroxylation is 2. The molecule has 12 heteroatoms. The smallest absolute Gasteiger partial charge is 0.410 e. The first-order chi connectivity index (χ1) is 22.1. The van der Waals surface area contributed by atoms with E-state index < -0.39 is 17.5 Å². The van der Waals surface area contributed by atoms with E-state index in [1.807, 2.05) is 63.6 Å². The number of pyridine rings is 1. The molecule has 2 aliphatic rings. The van der Waals surface area contributed by atoms with E-state index in [0.29, 0.717) is 70.9 Å². The van der Waals surface area contributed by atoms with Gasteiger partial charge in [-0.1, -0.05) is 35.0 Å². The lowest BCUT2D eigenvalue weighted by Crippen LogP contribution is -2.67. The van der Waals surface area contributed by atoms with Crippen molar-refractivity contribution in [2.75, 3.05) is 38.6 Å². The van der Waals surface area contributed by atoms with Crippen molar-refractivity contribution in [1.82, 2.24) is 29.8 Å². The van der Waals surface area contributed by atoms with Crippen molar-refractivity contribution in [2.45, 2.75) is 84.0 Å². The summed E-state index contributed by atoms with van der Waals surface area (Å²) in [5.74, 6) is 0.142. The summed E-state index contributed by atoms with van der Waals surface area (Å²) in [5, 5.41) is 20.1. The van der Waals surface area contributed by atoms with Crippen molar-refractivity contribution < 1.29 is 13.9 Å². The molecule has 2 atom stereocenters. The van der Waals surface area contributed by atoms with E-state index in [9.17, 15) is 10.1 Å². The average molecular weight is 661 g/mol. The number of hydrogen-bond acceptors (Lipinski definition) is 8. The predicted molar refractivity (Wildman–Crippen MR) is 182 cm³/mol. The largest absolute Gasteiger partial charge is 0.444 e. The molecule has 0 bridgehead atoms.